The Morgan fingerprint density at radius 3 is 2.45 bits per heavy atom. The van der Waals surface area contributed by atoms with E-state index in [9.17, 15) is 9.59 Å². The summed E-state index contributed by atoms with van der Waals surface area (Å²) >= 11 is 0. The van der Waals surface area contributed by atoms with E-state index < -0.39 is 11.9 Å². The van der Waals surface area contributed by atoms with Gasteiger partial charge in [-0.3, -0.25) is 4.79 Å². The molecule has 0 bridgehead atoms. The third kappa shape index (κ3) is 1.86. The van der Waals surface area contributed by atoms with Crippen LogP contribution in [0.25, 0.3) is 0 Å². The van der Waals surface area contributed by atoms with Gasteiger partial charge in [0, 0.05) is 5.69 Å². The van der Waals surface area contributed by atoms with Crippen LogP contribution in [0.15, 0.2) is 48.5 Å². The van der Waals surface area contributed by atoms with Crippen LogP contribution >= 0.6 is 0 Å². The van der Waals surface area contributed by atoms with E-state index in [0.29, 0.717) is 11.1 Å². The van der Waals surface area contributed by atoms with Crippen molar-refractivity contribution in [1.29, 1.82) is 0 Å². The molecular weight excluding hydrogens is 254 g/mol. The van der Waals surface area contributed by atoms with E-state index in [1.807, 2.05) is 30.3 Å². The minimum Gasteiger partial charge on any atom is -0.465 e. The number of fused-ring (bicyclic) bond motifs is 1. The Bertz CT molecular complexity index is 694. The molecule has 100 valence electrons. The largest absolute Gasteiger partial charge is 0.465 e. The second-order valence-corrected chi connectivity index (χ2v) is 4.59. The van der Waals surface area contributed by atoms with Gasteiger partial charge in [-0.15, -0.1) is 0 Å². The molecule has 0 spiro atoms. The van der Waals surface area contributed by atoms with Gasteiger partial charge in [-0.25, -0.2) is 4.79 Å². The molecule has 4 nitrogen and oxygen atoms in total. The van der Waals surface area contributed by atoms with E-state index in [2.05, 4.69) is 5.32 Å². The van der Waals surface area contributed by atoms with Gasteiger partial charge >= 0.3 is 5.97 Å². The van der Waals surface area contributed by atoms with Crippen LogP contribution in [0, 0.1) is 0 Å². The molecule has 0 fully saturated rings. The number of benzene rings is 2. The zero-order chi connectivity index (χ0) is 14.1. The lowest BCUT2D eigenvalue weighted by Crippen LogP contribution is -2.17. The van der Waals surface area contributed by atoms with Crippen molar-refractivity contribution in [3.63, 3.8) is 0 Å². The first-order chi connectivity index (χ1) is 9.72. The number of methoxy groups -OCH3 is 1. The van der Waals surface area contributed by atoms with Crippen LogP contribution in [-0.4, -0.2) is 19.0 Å². The highest BCUT2D eigenvalue weighted by atomic mass is 16.5. The molecular formula is C16H13NO3. The number of ether oxygens (including phenoxy) is 1. The first-order valence-corrected chi connectivity index (χ1v) is 6.29. The summed E-state index contributed by atoms with van der Waals surface area (Å²) in [7, 11) is 1.34. The Balaban J connectivity index is 2.15. The van der Waals surface area contributed by atoms with Crippen LogP contribution in [0.4, 0.5) is 5.69 Å². The fourth-order valence-corrected chi connectivity index (χ4v) is 2.56. The zero-order valence-corrected chi connectivity index (χ0v) is 10.9. The fourth-order valence-electron chi connectivity index (χ4n) is 2.56. The van der Waals surface area contributed by atoms with E-state index in [1.54, 1.807) is 18.2 Å². The number of hydrogen-bond donors (Lipinski definition) is 1. The Morgan fingerprint density at radius 1 is 1.05 bits per heavy atom. The van der Waals surface area contributed by atoms with Gasteiger partial charge in [0.05, 0.1) is 18.6 Å². The van der Waals surface area contributed by atoms with Crippen LogP contribution in [0.2, 0.25) is 0 Å². The molecule has 2 aromatic rings. The van der Waals surface area contributed by atoms with E-state index in [1.165, 1.54) is 7.11 Å². The summed E-state index contributed by atoms with van der Waals surface area (Å²) in [4.78, 5) is 24.1. The number of para-hydroxylation sites is 1. The average Bonchev–Trinajstić information content (AvgIpc) is 2.82. The summed E-state index contributed by atoms with van der Waals surface area (Å²) < 4.78 is 4.79. The van der Waals surface area contributed by atoms with Crippen molar-refractivity contribution in [3.05, 3.63) is 65.2 Å². The molecule has 1 amide bonds. The van der Waals surface area contributed by atoms with Crippen molar-refractivity contribution in [2.24, 2.45) is 0 Å². The lowest BCUT2D eigenvalue weighted by molar-refractivity contribution is -0.116. The normalized spacial score (nSPS) is 16.4. The van der Waals surface area contributed by atoms with Crippen molar-refractivity contribution in [2.45, 2.75) is 5.92 Å². The molecule has 3 rings (SSSR count). The van der Waals surface area contributed by atoms with Crippen molar-refractivity contribution in [2.75, 3.05) is 12.4 Å². The van der Waals surface area contributed by atoms with E-state index in [-0.39, 0.29) is 5.91 Å². The summed E-state index contributed by atoms with van der Waals surface area (Å²) in [5.74, 6) is -1.03. The van der Waals surface area contributed by atoms with Gasteiger partial charge in [-0.05, 0) is 23.3 Å². The highest BCUT2D eigenvalue weighted by molar-refractivity contribution is 6.06. The molecule has 0 saturated carbocycles. The number of amides is 1. The molecule has 1 aliphatic heterocycles. The molecule has 0 aliphatic carbocycles. The molecule has 1 atom stereocenters. The zero-order valence-electron chi connectivity index (χ0n) is 10.9. The average molecular weight is 267 g/mol. The van der Waals surface area contributed by atoms with Crippen LogP contribution in [0.3, 0.4) is 0 Å². The Morgan fingerprint density at radius 2 is 1.70 bits per heavy atom. The molecule has 0 saturated heterocycles. The van der Waals surface area contributed by atoms with Crippen molar-refractivity contribution in [1.82, 2.24) is 0 Å². The quantitative estimate of drug-likeness (QED) is 0.851. The third-order valence-electron chi connectivity index (χ3n) is 3.47. The predicted molar refractivity (Wildman–Crippen MR) is 74.7 cm³/mol. The SMILES string of the molecule is COC(=O)c1ccccc1C1C(=O)Nc2ccccc21. The Hall–Kier alpha value is -2.62. The van der Waals surface area contributed by atoms with Crippen molar-refractivity contribution >= 4 is 17.6 Å². The first-order valence-electron chi connectivity index (χ1n) is 6.29. The lowest BCUT2D eigenvalue weighted by Gasteiger charge is -2.13. The highest BCUT2D eigenvalue weighted by Gasteiger charge is 2.34. The molecule has 1 heterocycles. The van der Waals surface area contributed by atoms with Gasteiger partial charge in [-0.1, -0.05) is 36.4 Å². The summed E-state index contributed by atoms with van der Waals surface area (Å²) in [6.45, 7) is 0. The lowest BCUT2D eigenvalue weighted by atomic mass is 9.89. The van der Waals surface area contributed by atoms with Gasteiger partial charge in [0.15, 0.2) is 0 Å². The molecule has 1 N–H and O–H groups in total. The molecule has 2 aromatic carbocycles. The number of carbonyl (C=O) groups excluding carboxylic acids is 2. The number of carbonyl (C=O) groups is 2. The number of anilines is 1. The van der Waals surface area contributed by atoms with Gasteiger partial charge in [0.1, 0.15) is 0 Å². The minimum atomic E-state index is -0.471. The maximum absolute atomic E-state index is 12.2. The molecule has 4 heteroatoms. The molecule has 0 aromatic heterocycles. The topological polar surface area (TPSA) is 55.4 Å². The van der Waals surface area contributed by atoms with Gasteiger partial charge in [-0.2, -0.15) is 0 Å². The first kappa shape index (κ1) is 12.4. The third-order valence-corrected chi connectivity index (χ3v) is 3.47. The second-order valence-electron chi connectivity index (χ2n) is 4.59. The van der Waals surface area contributed by atoms with Crippen LogP contribution in [-0.2, 0) is 9.53 Å². The maximum Gasteiger partial charge on any atom is 0.338 e. The number of hydrogen-bond acceptors (Lipinski definition) is 3. The fraction of sp³-hybridized carbons (Fsp3) is 0.125. The highest BCUT2D eigenvalue weighted by Crippen LogP contribution is 2.38. The second kappa shape index (κ2) is 4.81. The summed E-state index contributed by atoms with van der Waals surface area (Å²) in [5.41, 5.74) is 2.77. The number of nitrogens with one attached hydrogen (secondary N) is 1. The summed E-state index contributed by atoms with van der Waals surface area (Å²) in [6, 6.07) is 14.5. The van der Waals surface area contributed by atoms with Crippen LogP contribution < -0.4 is 5.32 Å². The maximum atomic E-state index is 12.2. The Kier molecular flexibility index (Phi) is 2.99. The van der Waals surface area contributed by atoms with E-state index >= 15 is 0 Å². The standard InChI is InChI=1S/C16H13NO3/c1-20-16(19)11-7-3-2-6-10(11)14-12-8-4-5-9-13(12)17-15(14)18/h2-9,14H,1H3,(H,17,18). The van der Waals surface area contributed by atoms with Gasteiger partial charge in [0.2, 0.25) is 5.91 Å². The Labute approximate surface area is 116 Å². The van der Waals surface area contributed by atoms with Gasteiger partial charge in [0.25, 0.3) is 0 Å². The number of rotatable bonds is 2. The van der Waals surface area contributed by atoms with Crippen LogP contribution in [0.1, 0.15) is 27.4 Å². The smallest absolute Gasteiger partial charge is 0.338 e. The summed E-state index contributed by atoms with van der Waals surface area (Å²) in [5, 5.41) is 2.84. The molecule has 0 radical (unpaired) electrons. The van der Waals surface area contributed by atoms with Gasteiger partial charge < -0.3 is 10.1 Å². The van der Waals surface area contributed by atoms with Crippen molar-refractivity contribution < 1.29 is 14.3 Å². The van der Waals surface area contributed by atoms with Crippen molar-refractivity contribution in [3.8, 4) is 0 Å². The van der Waals surface area contributed by atoms with Crippen LogP contribution in [0.5, 0.6) is 0 Å². The summed E-state index contributed by atoms with van der Waals surface area (Å²) in [6.07, 6.45) is 0. The minimum absolute atomic E-state index is 0.123. The predicted octanol–water partition coefficient (Wildman–Crippen LogP) is 2.56. The molecule has 1 aliphatic rings. The molecule has 20 heavy (non-hydrogen) atoms. The monoisotopic (exact) mass is 267 g/mol. The van der Waals surface area contributed by atoms with E-state index in [4.69, 9.17) is 4.74 Å². The van der Waals surface area contributed by atoms with E-state index in [0.717, 1.165) is 11.3 Å². The number of esters is 1. The molecule has 1 unspecified atom stereocenters.